The van der Waals surface area contributed by atoms with Gasteiger partial charge in [-0.1, -0.05) is 11.8 Å². The molecule has 3 N–H and O–H groups in total. The molecule has 19 heavy (non-hydrogen) atoms. The Labute approximate surface area is 118 Å². The first-order valence-corrected chi connectivity index (χ1v) is 7.21. The van der Waals surface area contributed by atoms with Gasteiger partial charge in [-0.25, -0.2) is 9.51 Å². The zero-order valence-electron chi connectivity index (χ0n) is 10.3. The Hall–Kier alpha value is -1.28. The molecule has 1 heterocycles. The fraction of sp³-hybridized carbons (Fsp3) is 0.273. The lowest BCUT2D eigenvalue weighted by molar-refractivity contribution is 0.447. The van der Waals surface area contributed by atoms with Gasteiger partial charge in [0.15, 0.2) is 10.9 Å². The number of nitrogens with one attached hydrogen (secondary N) is 2. The van der Waals surface area contributed by atoms with Crippen molar-refractivity contribution in [3.63, 3.8) is 0 Å². The molecule has 2 rings (SSSR count). The van der Waals surface area contributed by atoms with E-state index in [9.17, 15) is 14.0 Å². The van der Waals surface area contributed by atoms with Crippen LogP contribution in [-0.2, 0) is 0 Å². The van der Waals surface area contributed by atoms with E-state index < -0.39 is 5.82 Å². The maximum Gasteiger partial charge on any atom is 0.193 e. The quantitative estimate of drug-likeness (QED) is 0.587. The van der Waals surface area contributed by atoms with Crippen molar-refractivity contribution in [2.24, 2.45) is 0 Å². The van der Waals surface area contributed by atoms with Crippen LogP contribution in [0.1, 0.15) is 5.56 Å². The van der Waals surface area contributed by atoms with Crippen molar-refractivity contribution in [3.8, 4) is 0 Å². The van der Waals surface area contributed by atoms with Crippen LogP contribution >= 0.6 is 23.7 Å². The highest BCUT2D eigenvalue weighted by molar-refractivity contribution is 8.03. The molecule has 104 valence electrons. The SMILES string of the molecule is Cc1cc(SNC2=C(O)SCN2)c(F)cc1N(C)F. The molecule has 0 saturated carbocycles. The Morgan fingerprint density at radius 2 is 2.26 bits per heavy atom. The Morgan fingerprint density at radius 1 is 1.53 bits per heavy atom. The van der Waals surface area contributed by atoms with E-state index in [0.29, 0.717) is 27.3 Å². The number of aliphatic hydroxyl groups excluding tert-OH is 1. The van der Waals surface area contributed by atoms with Crippen LogP contribution in [0.5, 0.6) is 0 Å². The second-order valence-electron chi connectivity index (χ2n) is 3.90. The van der Waals surface area contributed by atoms with Crippen molar-refractivity contribution in [1.29, 1.82) is 0 Å². The van der Waals surface area contributed by atoms with E-state index in [1.165, 1.54) is 18.8 Å². The van der Waals surface area contributed by atoms with Gasteiger partial charge in [0.2, 0.25) is 0 Å². The Kier molecular flexibility index (Phi) is 4.31. The third-order valence-electron chi connectivity index (χ3n) is 2.52. The number of aryl methyl sites for hydroxylation is 1. The maximum absolute atomic E-state index is 13.8. The summed E-state index contributed by atoms with van der Waals surface area (Å²) in [6, 6.07) is 2.70. The lowest BCUT2D eigenvalue weighted by Gasteiger charge is -2.13. The summed E-state index contributed by atoms with van der Waals surface area (Å²) in [5.41, 5.74) is 0.820. The Morgan fingerprint density at radius 3 is 2.84 bits per heavy atom. The van der Waals surface area contributed by atoms with E-state index in [2.05, 4.69) is 10.0 Å². The van der Waals surface area contributed by atoms with Crippen LogP contribution in [0.25, 0.3) is 0 Å². The lowest BCUT2D eigenvalue weighted by atomic mass is 10.2. The molecule has 1 aromatic rings. The maximum atomic E-state index is 13.8. The van der Waals surface area contributed by atoms with Crippen molar-refractivity contribution >= 4 is 29.4 Å². The second-order valence-corrected chi connectivity index (χ2v) is 5.71. The summed E-state index contributed by atoms with van der Waals surface area (Å²) in [6.07, 6.45) is 0. The molecule has 1 aliphatic heterocycles. The predicted molar refractivity (Wildman–Crippen MR) is 74.9 cm³/mol. The van der Waals surface area contributed by atoms with Gasteiger partial charge in [0.25, 0.3) is 0 Å². The van der Waals surface area contributed by atoms with E-state index in [4.69, 9.17) is 0 Å². The number of aliphatic hydroxyl groups is 1. The molecule has 1 aromatic carbocycles. The van der Waals surface area contributed by atoms with Crippen LogP contribution in [0.3, 0.4) is 0 Å². The topological polar surface area (TPSA) is 47.5 Å². The fourth-order valence-electron chi connectivity index (χ4n) is 1.56. The van der Waals surface area contributed by atoms with Crippen LogP contribution in [0, 0.1) is 12.7 Å². The second kappa shape index (κ2) is 5.79. The predicted octanol–water partition coefficient (Wildman–Crippen LogP) is 3.03. The normalized spacial score (nSPS) is 14.5. The van der Waals surface area contributed by atoms with Gasteiger partial charge in [-0.05, 0) is 30.5 Å². The molecule has 0 aliphatic carbocycles. The van der Waals surface area contributed by atoms with Gasteiger partial charge in [0.1, 0.15) is 5.82 Å². The van der Waals surface area contributed by atoms with Crippen LogP contribution in [0.2, 0.25) is 0 Å². The summed E-state index contributed by atoms with van der Waals surface area (Å²) in [4.78, 5) is 0.335. The minimum absolute atomic E-state index is 0.143. The molecule has 0 radical (unpaired) electrons. The molecule has 0 fully saturated rings. The third kappa shape index (κ3) is 3.19. The average Bonchev–Trinajstić information content (AvgIpc) is 2.75. The van der Waals surface area contributed by atoms with E-state index >= 15 is 0 Å². The molecule has 0 atom stereocenters. The van der Waals surface area contributed by atoms with Gasteiger partial charge in [-0.3, -0.25) is 0 Å². The van der Waals surface area contributed by atoms with Gasteiger partial charge in [-0.2, -0.15) is 0 Å². The first kappa shape index (κ1) is 14.1. The average molecular weight is 305 g/mol. The molecule has 0 bridgehead atoms. The Bertz CT molecular complexity index is 523. The number of hydrogen-bond donors (Lipinski definition) is 3. The van der Waals surface area contributed by atoms with E-state index in [-0.39, 0.29) is 10.8 Å². The van der Waals surface area contributed by atoms with Crippen molar-refractivity contribution < 1.29 is 14.0 Å². The van der Waals surface area contributed by atoms with Crippen molar-refractivity contribution in [1.82, 2.24) is 10.0 Å². The number of nitrogens with zero attached hydrogens (tertiary/aromatic N) is 1. The third-order valence-corrected chi connectivity index (χ3v) is 4.12. The van der Waals surface area contributed by atoms with Crippen molar-refractivity contribution in [2.75, 3.05) is 18.0 Å². The summed E-state index contributed by atoms with van der Waals surface area (Å²) >= 11 is 2.28. The van der Waals surface area contributed by atoms with Crippen LogP contribution < -0.4 is 15.2 Å². The highest BCUT2D eigenvalue weighted by Crippen LogP contribution is 2.29. The highest BCUT2D eigenvalue weighted by atomic mass is 32.2. The van der Waals surface area contributed by atoms with Gasteiger partial charge in [0.05, 0.1) is 16.5 Å². The van der Waals surface area contributed by atoms with Crippen LogP contribution in [0.4, 0.5) is 14.6 Å². The molecule has 0 aromatic heterocycles. The zero-order chi connectivity index (χ0) is 14.0. The monoisotopic (exact) mass is 305 g/mol. The number of anilines is 1. The summed E-state index contributed by atoms with van der Waals surface area (Å²) in [7, 11) is 1.22. The minimum atomic E-state index is -0.520. The number of halogens is 2. The fourth-order valence-corrected chi connectivity index (χ4v) is 3.02. The first-order valence-electron chi connectivity index (χ1n) is 5.41. The summed E-state index contributed by atoms with van der Waals surface area (Å²) in [6.45, 7) is 1.70. The van der Waals surface area contributed by atoms with Crippen molar-refractivity contribution in [3.05, 3.63) is 34.4 Å². The lowest BCUT2D eigenvalue weighted by Crippen LogP contribution is -2.18. The molecule has 0 saturated heterocycles. The van der Waals surface area contributed by atoms with Crippen LogP contribution in [0.15, 0.2) is 27.9 Å². The smallest absolute Gasteiger partial charge is 0.193 e. The van der Waals surface area contributed by atoms with Gasteiger partial charge >= 0.3 is 0 Å². The molecular formula is C11H13F2N3OS2. The summed E-state index contributed by atoms with van der Waals surface area (Å²) < 4.78 is 29.7. The minimum Gasteiger partial charge on any atom is -0.500 e. The Balaban J connectivity index is 2.13. The van der Waals surface area contributed by atoms with Gasteiger partial charge < -0.3 is 15.1 Å². The largest absolute Gasteiger partial charge is 0.500 e. The number of thioether (sulfide) groups is 1. The van der Waals surface area contributed by atoms with E-state index in [1.54, 1.807) is 13.0 Å². The molecule has 4 nitrogen and oxygen atoms in total. The van der Waals surface area contributed by atoms with Gasteiger partial charge in [-0.15, -0.1) is 4.48 Å². The van der Waals surface area contributed by atoms with Crippen molar-refractivity contribution in [2.45, 2.75) is 11.8 Å². The number of hydrogen-bond acceptors (Lipinski definition) is 6. The van der Waals surface area contributed by atoms with Gasteiger partial charge in [0, 0.05) is 13.1 Å². The molecule has 1 aliphatic rings. The molecule has 0 amide bonds. The number of rotatable bonds is 4. The molecule has 8 heteroatoms. The molecule has 0 unspecified atom stereocenters. The zero-order valence-corrected chi connectivity index (χ0v) is 12.0. The number of benzene rings is 1. The standard InChI is InChI=1S/C11H13F2N3OS2/c1-6-3-9(7(12)4-8(6)16(2)13)19-15-10-11(17)18-5-14-10/h3-4,14-15,17H,5H2,1-2H3. The van der Waals surface area contributed by atoms with E-state index in [1.807, 2.05) is 0 Å². The van der Waals surface area contributed by atoms with E-state index in [0.717, 1.165) is 18.0 Å². The molecule has 0 spiro atoms. The summed E-state index contributed by atoms with van der Waals surface area (Å²) in [5, 5.41) is 12.9. The van der Waals surface area contributed by atoms with Crippen LogP contribution in [-0.4, -0.2) is 18.0 Å². The summed E-state index contributed by atoms with van der Waals surface area (Å²) in [5.74, 6) is 0.508. The molecular weight excluding hydrogens is 292 g/mol. The first-order chi connectivity index (χ1) is 8.99. The highest BCUT2D eigenvalue weighted by Gasteiger charge is 2.15.